The minimum Gasteiger partial charge on any atom is -0.375 e. The highest BCUT2D eigenvalue weighted by Crippen LogP contribution is 2.26. The quantitative estimate of drug-likeness (QED) is 0.464. The van der Waals surface area contributed by atoms with E-state index in [4.69, 9.17) is 11.6 Å². The van der Waals surface area contributed by atoms with Crippen molar-refractivity contribution in [1.29, 1.82) is 0 Å². The highest BCUT2D eigenvalue weighted by Gasteiger charge is 2.15. The fourth-order valence-electron chi connectivity index (χ4n) is 3.19. The summed E-state index contributed by atoms with van der Waals surface area (Å²) in [6, 6.07) is 14.9. The van der Waals surface area contributed by atoms with Gasteiger partial charge in [0.1, 0.15) is 0 Å². The number of rotatable bonds is 8. The standard InChI is InChI=1S/C23H26ClN5O2/c1-4-8-21(30)26-17-11-12-19(24)20(13-17)25-14-22(31)27-23-15(2)28-29(16(23)3)18-9-6-5-7-10-18/h5-7,9-13,25H,4,8,14H2,1-3H3,(H,26,30)(H,27,31). The number of halogens is 1. The van der Waals surface area contributed by atoms with E-state index < -0.39 is 0 Å². The van der Waals surface area contributed by atoms with Crippen LogP contribution in [0.4, 0.5) is 17.1 Å². The molecule has 2 aromatic carbocycles. The van der Waals surface area contributed by atoms with Crippen molar-refractivity contribution in [3.63, 3.8) is 0 Å². The van der Waals surface area contributed by atoms with Crippen molar-refractivity contribution in [3.8, 4) is 5.69 Å². The van der Waals surface area contributed by atoms with Crippen molar-refractivity contribution in [3.05, 3.63) is 64.9 Å². The van der Waals surface area contributed by atoms with E-state index in [0.717, 1.165) is 23.5 Å². The highest BCUT2D eigenvalue weighted by atomic mass is 35.5. The summed E-state index contributed by atoms with van der Waals surface area (Å²) in [5, 5.41) is 13.8. The monoisotopic (exact) mass is 439 g/mol. The van der Waals surface area contributed by atoms with Crippen LogP contribution < -0.4 is 16.0 Å². The molecule has 0 saturated heterocycles. The summed E-state index contributed by atoms with van der Waals surface area (Å²) < 4.78 is 1.80. The molecule has 1 aromatic heterocycles. The molecular formula is C23H26ClN5O2. The van der Waals surface area contributed by atoms with Gasteiger partial charge in [0, 0.05) is 12.1 Å². The Labute approximate surface area is 186 Å². The number of benzene rings is 2. The summed E-state index contributed by atoms with van der Waals surface area (Å²) in [7, 11) is 0. The first-order chi connectivity index (χ1) is 14.9. The maximum absolute atomic E-state index is 12.6. The van der Waals surface area contributed by atoms with E-state index in [-0.39, 0.29) is 18.4 Å². The number of aryl methyl sites for hydroxylation is 1. The summed E-state index contributed by atoms with van der Waals surface area (Å²) in [6.07, 6.45) is 1.22. The van der Waals surface area contributed by atoms with Gasteiger partial charge in [0.15, 0.2) is 0 Å². The Kier molecular flexibility index (Phi) is 7.31. The van der Waals surface area contributed by atoms with Crippen molar-refractivity contribution in [2.24, 2.45) is 0 Å². The van der Waals surface area contributed by atoms with Gasteiger partial charge >= 0.3 is 0 Å². The minimum absolute atomic E-state index is 0.0154. The molecule has 8 heteroatoms. The number of nitrogens with one attached hydrogen (secondary N) is 3. The lowest BCUT2D eigenvalue weighted by Gasteiger charge is -2.12. The van der Waals surface area contributed by atoms with Crippen molar-refractivity contribution in [2.45, 2.75) is 33.6 Å². The SMILES string of the molecule is CCCC(=O)Nc1ccc(Cl)c(NCC(=O)Nc2c(C)nn(-c3ccccc3)c2C)c1. The minimum atomic E-state index is -0.227. The van der Waals surface area contributed by atoms with Gasteiger partial charge in [-0.05, 0) is 50.6 Å². The Balaban J connectivity index is 1.66. The molecule has 7 nitrogen and oxygen atoms in total. The average Bonchev–Trinajstić information content (AvgIpc) is 3.03. The fraction of sp³-hybridized carbons (Fsp3) is 0.261. The number of anilines is 3. The first-order valence-corrected chi connectivity index (χ1v) is 10.5. The second-order valence-electron chi connectivity index (χ2n) is 7.19. The normalized spacial score (nSPS) is 10.6. The van der Waals surface area contributed by atoms with Crippen LogP contribution in [0.5, 0.6) is 0 Å². The Morgan fingerprint density at radius 2 is 1.77 bits per heavy atom. The van der Waals surface area contributed by atoms with Crippen LogP contribution in [0.2, 0.25) is 5.02 Å². The van der Waals surface area contributed by atoms with E-state index in [9.17, 15) is 9.59 Å². The zero-order chi connectivity index (χ0) is 22.4. The fourth-order valence-corrected chi connectivity index (χ4v) is 3.38. The van der Waals surface area contributed by atoms with Gasteiger partial charge in [-0.1, -0.05) is 36.7 Å². The number of carbonyl (C=O) groups excluding carboxylic acids is 2. The largest absolute Gasteiger partial charge is 0.375 e. The third-order valence-corrected chi connectivity index (χ3v) is 5.05. The van der Waals surface area contributed by atoms with Gasteiger partial charge in [0.05, 0.1) is 40.0 Å². The molecule has 0 fully saturated rings. The maximum Gasteiger partial charge on any atom is 0.243 e. The van der Waals surface area contributed by atoms with Gasteiger partial charge in [-0.3, -0.25) is 9.59 Å². The molecule has 162 valence electrons. The first kappa shape index (κ1) is 22.4. The Morgan fingerprint density at radius 3 is 2.48 bits per heavy atom. The summed E-state index contributed by atoms with van der Waals surface area (Å²) >= 11 is 6.24. The summed E-state index contributed by atoms with van der Waals surface area (Å²) in [6.45, 7) is 5.73. The van der Waals surface area contributed by atoms with Gasteiger partial charge in [-0.2, -0.15) is 5.10 Å². The average molecular weight is 440 g/mol. The number of hydrogen-bond donors (Lipinski definition) is 3. The predicted molar refractivity (Wildman–Crippen MR) is 125 cm³/mol. The van der Waals surface area contributed by atoms with Crippen LogP contribution in [0.25, 0.3) is 5.69 Å². The number of amides is 2. The molecule has 2 amide bonds. The van der Waals surface area contributed by atoms with E-state index in [2.05, 4.69) is 21.0 Å². The van der Waals surface area contributed by atoms with Gasteiger partial charge in [0.25, 0.3) is 0 Å². The number of carbonyl (C=O) groups is 2. The molecule has 0 aliphatic heterocycles. The molecule has 3 N–H and O–H groups in total. The smallest absolute Gasteiger partial charge is 0.243 e. The number of nitrogens with zero attached hydrogens (tertiary/aromatic N) is 2. The molecule has 31 heavy (non-hydrogen) atoms. The van der Waals surface area contributed by atoms with Crippen LogP contribution in [0.3, 0.4) is 0 Å². The highest BCUT2D eigenvalue weighted by molar-refractivity contribution is 6.33. The molecule has 3 rings (SSSR count). The molecule has 0 atom stereocenters. The van der Waals surface area contributed by atoms with Crippen LogP contribution in [0.1, 0.15) is 31.2 Å². The Bertz CT molecular complexity index is 1080. The lowest BCUT2D eigenvalue weighted by Crippen LogP contribution is -2.22. The van der Waals surface area contributed by atoms with Crippen LogP contribution in [0, 0.1) is 13.8 Å². The summed E-state index contributed by atoms with van der Waals surface area (Å²) in [5.41, 5.74) is 4.38. The second kappa shape index (κ2) is 10.1. The zero-order valence-electron chi connectivity index (χ0n) is 17.8. The van der Waals surface area contributed by atoms with E-state index in [1.807, 2.05) is 51.1 Å². The third-order valence-electron chi connectivity index (χ3n) is 4.72. The van der Waals surface area contributed by atoms with Gasteiger partial charge < -0.3 is 16.0 Å². The van der Waals surface area contributed by atoms with Crippen LogP contribution in [-0.2, 0) is 9.59 Å². The second-order valence-corrected chi connectivity index (χ2v) is 7.59. The lowest BCUT2D eigenvalue weighted by molar-refractivity contribution is -0.116. The van der Waals surface area contributed by atoms with E-state index in [1.165, 1.54) is 0 Å². The molecule has 0 spiro atoms. The molecular weight excluding hydrogens is 414 g/mol. The number of para-hydroxylation sites is 1. The molecule has 3 aromatic rings. The van der Waals surface area contributed by atoms with Crippen molar-refractivity contribution >= 4 is 40.5 Å². The summed E-state index contributed by atoms with van der Waals surface area (Å²) in [4.78, 5) is 24.4. The third kappa shape index (κ3) is 5.64. The first-order valence-electron chi connectivity index (χ1n) is 10.1. The van der Waals surface area contributed by atoms with Crippen molar-refractivity contribution in [2.75, 3.05) is 22.5 Å². The Hall–Kier alpha value is -3.32. The molecule has 0 radical (unpaired) electrons. The van der Waals surface area contributed by atoms with Crippen LogP contribution in [-0.4, -0.2) is 28.1 Å². The zero-order valence-corrected chi connectivity index (χ0v) is 18.6. The van der Waals surface area contributed by atoms with E-state index in [1.54, 1.807) is 22.9 Å². The molecule has 1 heterocycles. The Morgan fingerprint density at radius 1 is 1.03 bits per heavy atom. The van der Waals surface area contributed by atoms with Crippen molar-refractivity contribution in [1.82, 2.24) is 9.78 Å². The topological polar surface area (TPSA) is 88.1 Å². The van der Waals surface area contributed by atoms with E-state index >= 15 is 0 Å². The molecule has 0 unspecified atom stereocenters. The number of hydrogen-bond acceptors (Lipinski definition) is 4. The van der Waals surface area contributed by atoms with Gasteiger partial charge in [0.2, 0.25) is 11.8 Å². The lowest BCUT2D eigenvalue weighted by atomic mass is 10.2. The number of aromatic nitrogens is 2. The van der Waals surface area contributed by atoms with E-state index in [0.29, 0.717) is 28.5 Å². The summed E-state index contributed by atoms with van der Waals surface area (Å²) in [5.74, 6) is -0.287. The van der Waals surface area contributed by atoms with Gasteiger partial charge in [-0.15, -0.1) is 0 Å². The molecule has 0 aliphatic rings. The van der Waals surface area contributed by atoms with Crippen LogP contribution >= 0.6 is 11.6 Å². The molecule has 0 saturated carbocycles. The molecule has 0 aliphatic carbocycles. The molecule has 0 bridgehead atoms. The van der Waals surface area contributed by atoms with Crippen LogP contribution in [0.15, 0.2) is 48.5 Å². The predicted octanol–water partition coefficient (Wildman–Crippen LogP) is 4.93. The van der Waals surface area contributed by atoms with Crippen molar-refractivity contribution < 1.29 is 9.59 Å². The maximum atomic E-state index is 12.6. The van der Waals surface area contributed by atoms with Gasteiger partial charge in [-0.25, -0.2) is 4.68 Å².